The summed E-state index contributed by atoms with van der Waals surface area (Å²) in [4.78, 5) is 9.08. The van der Waals surface area contributed by atoms with E-state index in [2.05, 4.69) is 163 Å². The molecule has 1 heterocycles. The molecule has 2 nitrogen and oxygen atoms in total. The zero-order valence-electron chi connectivity index (χ0n) is 27.1. The minimum absolute atomic E-state index is 0.643. The summed E-state index contributed by atoms with van der Waals surface area (Å²) >= 11 is 0. The van der Waals surface area contributed by atoms with Crippen molar-refractivity contribution in [2.75, 3.05) is 0 Å². The van der Waals surface area contributed by atoms with E-state index in [1.807, 2.05) is 12.1 Å². The van der Waals surface area contributed by atoms with Crippen LogP contribution in [0.1, 0.15) is 0 Å². The van der Waals surface area contributed by atoms with Gasteiger partial charge in [0.05, 0.1) is 17.8 Å². The molecule has 1 aromatic heterocycles. The second-order valence-corrected chi connectivity index (χ2v) is 12.9. The van der Waals surface area contributed by atoms with Crippen LogP contribution in [0.25, 0.3) is 103 Å². The van der Waals surface area contributed by atoms with Gasteiger partial charge in [-0.3, -0.25) is 0 Å². The van der Waals surface area contributed by atoms with Gasteiger partial charge in [-0.15, -0.1) is 0 Å². The van der Waals surface area contributed by atoms with E-state index >= 15 is 0 Å². The van der Waals surface area contributed by atoms with E-state index in [0.29, 0.717) is 5.69 Å². The highest BCUT2D eigenvalue weighted by molar-refractivity contribution is 6.30. The molecule has 0 atom stereocenters. The molecule has 0 radical (unpaired) electrons. The summed E-state index contributed by atoms with van der Waals surface area (Å²) < 4.78 is 0. The highest BCUT2D eigenvalue weighted by Gasteiger charge is 2.21. The van der Waals surface area contributed by atoms with Crippen LogP contribution in [0.4, 0.5) is 5.69 Å². The summed E-state index contributed by atoms with van der Waals surface area (Å²) in [5.41, 5.74) is 8.42. The molecule has 0 saturated heterocycles. The van der Waals surface area contributed by atoms with E-state index < -0.39 is 0 Å². The molecular formula is C48H28N2. The Morgan fingerprint density at radius 1 is 0.400 bits per heavy atom. The number of benzene rings is 9. The Morgan fingerprint density at radius 3 is 1.58 bits per heavy atom. The van der Waals surface area contributed by atoms with Crippen LogP contribution in [0.15, 0.2) is 170 Å². The van der Waals surface area contributed by atoms with Gasteiger partial charge in [-0.1, -0.05) is 152 Å². The average molecular weight is 633 g/mol. The molecular weight excluding hydrogens is 605 g/mol. The summed E-state index contributed by atoms with van der Waals surface area (Å²) in [6, 6.07) is 60.5. The fourth-order valence-corrected chi connectivity index (χ4v) is 8.01. The van der Waals surface area contributed by atoms with Crippen molar-refractivity contribution >= 4 is 70.5 Å². The lowest BCUT2D eigenvalue weighted by Gasteiger charge is -2.21. The van der Waals surface area contributed by atoms with Gasteiger partial charge >= 0.3 is 0 Å². The first-order valence-electron chi connectivity index (χ1n) is 16.9. The Kier molecular flexibility index (Phi) is 6.28. The first-order chi connectivity index (χ1) is 24.8. The molecule has 0 aliphatic rings. The first-order valence-corrected chi connectivity index (χ1v) is 16.9. The third-order valence-corrected chi connectivity index (χ3v) is 10.2. The molecule has 0 spiro atoms. The van der Waals surface area contributed by atoms with Crippen LogP contribution < -0.4 is 0 Å². The Bertz CT molecular complexity index is 2970. The second kappa shape index (κ2) is 11.1. The topological polar surface area (TPSA) is 17.2 Å². The van der Waals surface area contributed by atoms with Crippen LogP contribution >= 0.6 is 0 Å². The zero-order chi connectivity index (χ0) is 33.2. The van der Waals surface area contributed by atoms with Gasteiger partial charge < -0.3 is 0 Å². The van der Waals surface area contributed by atoms with E-state index in [1.54, 1.807) is 0 Å². The molecule has 0 saturated carbocycles. The summed E-state index contributed by atoms with van der Waals surface area (Å²) in [6.07, 6.45) is 0. The van der Waals surface area contributed by atoms with Crippen LogP contribution in [0, 0.1) is 6.57 Å². The molecule has 0 aliphatic carbocycles. The highest BCUT2D eigenvalue weighted by Crippen LogP contribution is 2.48. The Hall–Kier alpha value is -6.82. The molecule has 0 amide bonds. The largest absolute Gasteiger partial charge is 0.247 e. The van der Waals surface area contributed by atoms with E-state index in [9.17, 15) is 0 Å². The van der Waals surface area contributed by atoms with Crippen LogP contribution in [-0.4, -0.2) is 4.98 Å². The van der Waals surface area contributed by atoms with Gasteiger partial charge in [-0.05, 0) is 83.5 Å². The van der Waals surface area contributed by atoms with Crippen LogP contribution in [0.2, 0.25) is 0 Å². The lowest BCUT2D eigenvalue weighted by atomic mass is 9.83. The molecule has 0 unspecified atom stereocenters. The van der Waals surface area contributed by atoms with Crippen molar-refractivity contribution in [1.29, 1.82) is 0 Å². The molecule has 0 fully saturated rings. The third kappa shape index (κ3) is 4.24. The van der Waals surface area contributed by atoms with Crippen molar-refractivity contribution in [3.05, 3.63) is 181 Å². The third-order valence-electron chi connectivity index (χ3n) is 10.2. The standard InChI is InChI=1S/C48H28N2/c1-49-34-25-23-30(24-26-34)45-37-19-9-11-21-39(37)46(40-22-12-10-20-38(40)45)41-29-43-47(36-18-8-7-17-35(36)41)42-27-32-15-5-6-16-33(32)28-44(42)50-48(43)31-13-3-2-4-14-31/h2-29H. The molecule has 230 valence electrons. The molecule has 0 N–H and O–H groups in total. The van der Waals surface area contributed by atoms with Gasteiger partial charge in [0.25, 0.3) is 0 Å². The number of aromatic nitrogens is 1. The SMILES string of the molecule is [C-]#[N+]c1ccc(-c2c3ccccc3c(-c3cc4c(-c5ccccc5)nc5cc6ccccc6cc5c4c4ccccc34)c3ccccc23)cc1. The predicted octanol–water partition coefficient (Wildman–Crippen LogP) is 13.6. The molecule has 0 bridgehead atoms. The van der Waals surface area contributed by atoms with Crippen LogP contribution in [0.3, 0.4) is 0 Å². The summed E-state index contributed by atoms with van der Waals surface area (Å²) in [7, 11) is 0. The van der Waals surface area contributed by atoms with Crippen molar-refractivity contribution < 1.29 is 0 Å². The number of pyridine rings is 1. The number of hydrogen-bond donors (Lipinski definition) is 0. The predicted molar refractivity (Wildman–Crippen MR) is 212 cm³/mol. The second-order valence-electron chi connectivity index (χ2n) is 12.9. The van der Waals surface area contributed by atoms with Crippen molar-refractivity contribution in [2.45, 2.75) is 0 Å². The van der Waals surface area contributed by atoms with Gasteiger partial charge in [0.1, 0.15) is 0 Å². The monoisotopic (exact) mass is 632 g/mol. The van der Waals surface area contributed by atoms with E-state index in [-0.39, 0.29) is 0 Å². The molecule has 0 aliphatic heterocycles. The fraction of sp³-hybridized carbons (Fsp3) is 0. The van der Waals surface area contributed by atoms with Crippen molar-refractivity contribution in [3.8, 4) is 33.5 Å². The number of fused-ring (bicyclic) bond motifs is 8. The number of hydrogen-bond acceptors (Lipinski definition) is 1. The average Bonchev–Trinajstić information content (AvgIpc) is 3.19. The Morgan fingerprint density at radius 2 is 0.940 bits per heavy atom. The Balaban J connectivity index is 1.40. The van der Waals surface area contributed by atoms with Crippen molar-refractivity contribution in [1.82, 2.24) is 4.98 Å². The molecule has 10 aromatic rings. The minimum Gasteiger partial charge on any atom is -0.247 e. The van der Waals surface area contributed by atoms with Crippen molar-refractivity contribution in [2.24, 2.45) is 0 Å². The van der Waals surface area contributed by atoms with E-state index in [0.717, 1.165) is 33.1 Å². The van der Waals surface area contributed by atoms with E-state index in [4.69, 9.17) is 11.6 Å². The van der Waals surface area contributed by atoms with Crippen LogP contribution in [-0.2, 0) is 0 Å². The lowest BCUT2D eigenvalue weighted by Crippen LogP contribution is -1.95. The van der Waals surface area contributed by atoms with Gasteiger partial charge in [-0.25, -0.2) is 9.83 Å². The Labute approximate surface area is 289 Å². The fourth-order valence-electron chi connectivity index (χ4n) is 8.01. The van der Waals surface area contributed by atoms with Crippen molar-refractivity contribution in [3.63, 3.8) is 0 Å². The highest BCUT2D eigenvalue weighted by atomic mass is 14.7. The van der Waals surface area contributed by atoms with Gasteiger partial charge in [0.2, 0.25) is 0 Å². The summed E-state index contributed by atoms with van der Waals surface area (Å²) in [5.74, 6) is 0. The quantitative estimate of drug-likeness (QED) is 0.108. The summed E-state index contributed by atoms with van der Waals surface area (Å²) in [6.45, 7) is 7.50. The minimum atomic E-state index is 0.643. The molecule has 2 heteroatoms. The van der Waals surface area contributed by atoms with Gasteiger partial charge in [0.15, 0.2) is 5.69 Å². The molecule has 50 heavy (non-hydrogen) atoms. The maximum absolute atomic E-state index is 7.50. The normalized spacial score (nSPS) is 11.6. The van der Waals surface area contributed by atoms with Crippen LogP contribution in [0.5, 0.6) is 0 Å². The van der Waals surface area contributed by atoms with Gasteiger partial charge in [-0.2, -0.15) is 0 Å². The molecule has 9 aromatic carbocycles. The number of rotatable bonds is 3. The zero-order valence-corrected chi connectivity index (χ0v) is 27.1. The first kappa shape index (κ1) is 28.2. The smallest absolute Gasteiger partial charge is 0.187 e. The maximum Gasteiger partial charge on any atom is 0.187 e. The van der Waals surface area contributed by atoms with E-state index in [1.165, 1.54) is 65.2 Å². The number of nitrogens with zero attached hydrogens (tertiary/aromatic N) is 2. The summed E-state index contributed by atoms with van der Waals surface area (Å²) in [5, 5.41) is 13.1. The maximum atomic E-state index is 7.50. The van der Waals surface area contributed by atoms with Gasteiger partial charge in [0, 0.05) is 21.7 Å². The lowest BCUT2D eigenvalue weighted by molar-refractivity contribution is 1.43. The molecule has 10 rings (SSSR count).